The molecule has 0 bridgehead atoms. The molecule has 1 heterocycles. The van der Waals surface area contributed by atoms with Crippen LogP contribution in [-0.2, 0) is 4.79 Å². The summed E-state index contributed by atoms with van der Waals surface area (Å²) in [7, 11) is 0. The predicted molar refractivity (Wildman–Crippen MR) is 102 cm³/mol. The number of carbonyl (C=O) groups is 1. The zero-order valence-electron chi connectivity index (χ0n) is 13.3. The maximum Gasteiger partial charge on any atom is 0.296 e. The molecule has 0 aromatic heterocycles. The number of amides is 1. The van der Waals surface area contributed by atoms with Crippen LogP contribution in [0.2, 0.25) is 5.02 Å². The fourth-order valence-electron chi connectivity index (χ4n) is 2.17. The predicted octanol–water partition coefficient (Wildman–Crippen LogP) is 4.05. The zero-order valence-corrected chi connectivity index (χ0v) is 14.9. The molecule has 0 saturated carbocycles. The van der Waals surface area contributed by atoms with E-state index in [0.717, 1.165) is 11.8 Å². The van der Waals surface area contributed by atoms with Gasteiger partial charge in [-0.3, -0.25) is 25.0 Å². The van der Waals surface area contributed by atoms with Gasteiger partial charge in [0, 0.05) is 23.2 Å². The Morgan fingerprint density at radius 3 is 2.41 bits per heavy atom. The normalized spacial score (nSPS) is 16.6. The molecule has 11 heteroatoms. The molecule has 1 N–H and O–H groups in total. The number of hydrogen-bond acceptors (Lipinski definition) is 7. The number of benzene rings is 2. The first-order valence-electron chi connectivity index (χ1n) is 7.31. The van der Waals surface area contributed by atoms with Crippen LogP contribution >= 0.6 is 23.4 Å². The highest BCUT2D eigenvalue weighted by atomic mass is 35.5. The van der Waals surface area contributed by atoms with Crippen molar-refractivity contribution in [2.45, 2.75) is 0 Å². The number of amidine groups is 1. The number of carbonyl (C=O) groups excluding carboxylic acids is 1. The molecule has 1 aliphatic rings. The number of halogens is 1. The molecule has 2 aromatic carbocycles. The summed E-state index contributed by atoms with van der Waals surface area (Å²) in [5, 5.41) is 24.7. The summed E-state index contributed by atoms with van der Waals surface area (Å²) < 4.78 is 0. The number of aliphatic imine (C=N–C) groups is 1. The van der Waals surface area contributed by atoms with Crippen LogP contribution in [0.25, 0.3) is 6.08 Å². The van der Waals surface area contributed by atoms with Crippen LogP contribution in [0.3, 0.4) is 0 Å². The standard InChI is InChI=1S/C16H9ClN4O5S/c17-10-3-6-12(13(8-10)21(25)26)18-16-19-15(22)14(27-16)7-9-1-4-11(5-2-9)20(23)24/h1-8H,(H,18,19,22)/b14-7+. The van der Waals surface area contributed by atoms with Crippen molar-refractivity contribution in [1.82, 2.24) is 5.32 Å². The number of nitro groups is 2. The van der Waals surface area contributed by atoms with Gasteiger partial charge in [0.2, 0.25) is 0 Å². The molecule has 2 aromatic rings. The molecule has 0 radical (unpaired) electrons. The van der Waals surface area contributed by atoms with Gasteiger partial charge in [-0.1, -0.05) is 11.6 Å². The van der Waals surface area contributed by atoms with Crippen LogP contribution in [0.4, 0.5) is 17.1 Å². The molecule has 0 unspecified atom stereocenters. The molecule has 9 nitrogen and oxygen atoms in total. The van der Waals surface area contributed by atoms with Crippen molar-refractivity contribution in [3.63, 3.8) is 0 Å². The van der Waals surface area contributed by atoms with Crippen LogP contribution in [0, 0.1) is 20.2 Å². The van der Waals surface area contributed by atoms with E-state index in [0.29, 0.717) is 10.5 Å². The summed E-state index contributed by atoms with van der Waals surface area (Å²) >= 11 is 6.77. The number of hydrogen-bond donors (Lipinski definition) is 1. The van der Waals surface area contributed by atoms with Crippen LogP contribution in [-0.4, -0.2) is 20.9 Å². The van der Waals surface area contributed by atoms with Gasteiger partial charge in [-0.15, -0.1) is 0 Å². The minimum atomic E-state index is -0.611. The van der Waals surface area contributed by atoms with Gasteiger partial charge >= 0.3 is 0 Å². The van der Waals surface area contributed by atoms with Crippen molar-refractivity contribution in [2.75, 3.05) is 0 Å². The molecule has 1 saturated heterocycles. The van der Waals surface area contributed by atoms with E-state index < -0.39 is 15.8 Å². The largest absolute Gasteiger partial charge is 0.300 e. The monoisotopic (exact) mass is 404 g/mol. The fraction of sp³-hybridized carbons (Fsp3) is 0. The summed E-state index contributed by atoms with van der Waals surface area (Å²) in [6, 6.07) is 9.71. The average Bonchev–Trinajstić information content (AvgIpc) is 2.96. The second kappa shape index (κ2) is 7.56. The summed E-state index contributed by atoms with van der Waals surface area (Å²) in [5.41, 5.74) is 0.316. The number of non-ortho nitro benzene ring substituents is 1. The Kier molecular flexibility index (Phi) is 5.19. The summed E-state index contributed by atoms with van der Waals surface area (Å²) in [5.74, 6) is -0.422. The van der Waals surface area contributed by atoms with Gasteiger partial charge in [0.1, 0.15) is 5.69 Å². The van der Waals surface area contributed by atoms with Crippen molar-refractivity contribution >= 4 is 57.6 Å². The SMILES string of the molecule is O=C1NC(=Nc2ccc(Cl)cc2[N+](=O)[O-])S/C1=C/c1ccc([N+](=O)[O-])cc1. The number of nitro benzene ring substituents is 2. The van der Waals surface area contributed by atoms with Gasteiger partial charge in [-0.05, 0) is 47.7 Å². The molecule has 1 amide bonds. The van der Waals surface area contributed by atoms with Crippen LogP contribution in [0.15, 0.2) is 52.4 Å². The molecule has 3 rings (SSSR count). The van der Waals surface area contributed by atoms with E-state index in [-0.39, 0.29) is 27.3 Å². The van der Waals surface area contributed by atoms with Crippen molar-refractivity contribution in [1.29, 1.82) is 0 Å². The van der Waals surface area contributed by atoms with Crippen molar-refractivity contribution in [3.05, 3.63) is 78.2 Å². The Labute approximate surface area is 161 Å². The third kappa shape index (κ3) is 4.30. The van der Waals surface area contributed by atoms with E-state index in [2.05, 4.69) is 10.3 Å². The minimum Gasteiger partial charge on any atom is -0.300 e. The Balaban J connectivity index is 1.86. The number of rotatable bonds is 4. The molecule has 0 aliphatic carbocycles. The van der Waals surface area contributed by atoms with E-state index >= 15 is 0 Å². The molecular formula is C16H9ClN4O5S. The lowest BCUT2D eigenvalue weighted by Gasteiger charge is -1.99. The fourth-order valence-corrected chi connectivity index (χ4v) is 3.17. The number of thioether (sulfide) groups is 1. The molecule has 1 aliphatic heterocycles. The molecule has 0 spiro atoms. The number of nitrogens with one attached hydrogen (secondary N) is 1. The Morgan fingerprint density at radius 1 is 1.07 bits per heavy atom. The van der Waals surface area contributed by atoms with E-state index in [1.165, 1.54) is 42.5 Å². The molecule has 0 atom stereocenters. The zero-order chi connectivity index (χ0) is 19.6. The molecular weight excluding hydrogens is 396 g/mol. The lowest BCUT2D eigenvalue weighted by Crippen LogP contribution is -2.19. The quantitative estimate of drug-likeness (QED) is 0.465. The van der Waals surface area contributed by atoms with E-state index in [1.54, 1.807) is 6.08 Å². The first-order chi connectivity index (χ1) is 12.8. The van der Waals surface area contributed by atoms with Gasteiger partial charge in [0.05, 0.1) is 14.8 Å². The van der Waals surface area contributed by atoms with Gasteiger partial charge in [0.15, 0.2) is 5.17 Å². The third-order valence-electron chi connectivity index (χ3n) is 3.41. The van der Waals surface area contributed by atoms with Gasteiger partial charge < -0.3 is 5.32 Å². The first kappa shape index (κ1) is 18.5. The highest BCUT2D eigenvalue weighted by Crippen LogP contribution is 2.33. The Bertz CT molecular complexity index is 1020. The van der Waals surface area contributed by atoms with Gasteiger partial charge in [-0.25, -0.2) is 4.99 Å². The van der Waals surface area contributed by atoms with Crippen molar-refractivity contribution in [3.8, 4) is 0 Å². The second-order valence-corrected chi connectivity index (χ2v) is 6.69. The summed E-state index contributed by atoms with van der Waals surface area (Å²) in [6.45, 7) is 0. The van der Waals surface area contributed by atoms with E-state index in [4.69, 9.17) is 11.6 Å². The van der Waals surface area contributed by atoms with Crippen molar-refractivity contribution in [2.24, 2.45) is 4.99 Å². The Morgan fingerprint density at radius 2 is 1.78 bits per heavy atom. The van der Waals surface area contributed by atoms with Crippen LogP contribution in [0.5, 0.6) is 0 Å². The van der Waals surface area contributed by atoms with Crippen molar-refractivity contribution < 1.29 is 14.6 Å². The van der Waals surface area contributed by atoms with Gasteiger partial charge in [-0.2, -0.15) is 0 Å². The maximum absolute atomic E-state index is 12.1. The lowest BCUT2D eigenvalue weighted by atomic mass is 10.2. The highest BCUT2D eigenvalue weighted by molar-refractivity contribution is 8.18. The molecule has 1 fully saturated rings. The van der Waals surface area contributed by atoms with Crippen LogP contribution in [0.1, 0.15) is 5.56 Å². The minimum absolute atomic E-state index is 0.0574. The molecule has 136 valence electrons. The topological polar surface area (TPSA) is 128 Å². The van der Waals surface area contributed by atoms with E-state index in [1.807, 2.05) is 0 Å². The van der Waals surface area contributed by atoms with E-state index in [9.17, 15) is 25.0 Å². The number of nitrogens with zero attached hydrogens (tertiary/aromatic N) is 3. The average molecular weight is 405 g/mol. The molecule has 27 heavy (non-hydrogen) atoms. The Hall–Kier alpha value is -3.24. The summed E-state index contributed by atoms with van der Waals surface area (Å²) in [6.07, 6.45) is 1.54. The van der Waals surface area contributed by atoms with Crippen LogP contribution < -0.4 is 5.32 Å². The highest BCUT2D eigenvalue weighted by Gasteiger charge is 2.25. The second-order valence-electron chi connectivity index (χ2n) is 5.22. The van der Waals surface area contributed by atoms with Gasteiger partial charge in [0.25, 0.3) is 17.3 Å². The maximum atomic E-state index is 12.1. The third-order valence-corrected chi connectivity index (χ3v) is 4.55. The summed E-state index contributed by atoms with van der Waals surface area (Å²) in [4.78, 5) is 37.2. The first-order valence-corrected chi connectivity index (χ1v) is 8.51. The lowest BCUT2D eigenvalue weighted by molar-refractivity contribution is -0.384. The smallest absolute Gasteiger partial charge is 0.296 e.